The van der Waals surface area contributed by atoms with Gasteiger partial charge in [0.2, 0.25) is 10.0 Å². The third-order valence-electron chi connectivity index (χ3n) is 4.81. The molecule has 12 heteroatoms. The first kappa shape index (κ1) is 26.7. The van der Waals surface area contributed by atoms with Gasteiger partial charge in [0.25, 0.3) is 0 Å². The molecule has 2 N–H and O–H groups in total. The standard InChI is InChI=1S/C24H26N2O9S/c1-3-32-18-6-8-19(9-7-18)36(30,31)25-12-11-22(27)34-15-16-13-23(28)35-21-14-17(5-10-20(16)21)26-24(29)33-4-2/h5-10,13-14,25H,3-4,11-12,15H2,1-2H3,(H,26,29). The highest BCUT2D eigenvalue weighted by molar-refractivity contribution is 7.89. The summed E-state index contributed by atoms with van der Waals surface area (Å²) in [5.41, 5.74) is 0.279. The Morgan fingerprint density at radius 2 is 1.72 bits per heavy atom. The number of rotatable bonds is 11. The molecule has 0 aliphatic heterocycles. The van der Waals surface area contributed by atoms with Crippen LogP contribution in [0.1, 0.15) is 25.8 Å². The molecule has 0 bridgehead atoms. The summed E-state index contributed by atoms with van der Waals surface area (Å²) in [6, 6.07) is 11.7. The van der Waals surface area contributed by atoms with Gasteiger partial charge in [-0.25, -0.2) is 22.7 Å². The summed E-state index contributed by atoms with van der Waals surface area (Å²) >= 11 is 0. The molecule has 0 radical (unpaired) electrons. The van der Waals surface area contributed by atoms with Crippen LogP contribution in [0.5, 0.6) is 5.75 Å². The van der Waals surface area contributed by atoms with Crippen molar-refractivity contribution in [2.75, 3.05) is 25.1 Å². The zero-order valence-electron chi connectivity index (χ0n) is 19.7. The number of esters is 1. The van der Waals surface area contributed by atoms with Gasteiger partial charge in [-0.1, -0.05) is 0 Å². The molecule has 1 aromatic heterocycles. The van der Waals surface area contributed by atoms with Gasteiger partial charge in [-0.15, -0.1) is 0 Å². The van der Waals surface area contributed by atoms with Crippen LogP contribution in [0.3, 0.4) is 0 Å². The van der Waals surface area contributed by atoms with Gasteiger partial charge in [0, 0.05) is 35.3 Å². The normalized spacial score (nSPS) is 11.2. The predicted octanol–water partition coefficient (Wildman–Crippen LogP) is 3.17. The molecule has 0 aliphatic rings. The second-order valence-corrected chi connectivity index (χ2v) is 9.13. The van der Waals surface area contributed by atoms with Crippen LogP contribution < -0.4 is 20.4 Å². The Morgan fingerprint density at radius 1 is 0.972 bits per heavy atom. The number of amides is 1. The average molecular weight is 519 g/mol. The number of fused-ring (bicyclic) bond motifs is 1. The number of nitrogens with one attached hydrogen (secondary N) is 2. The van der Waals surface area contributed by atoms with Crippen LogP contribution in [0, 0.1) is 0 Å². The minimum Gasteiger partial charge on any atom is -0.494 e. The maximum atomic E-state index is 12.4. The van der Waals surface area contributed by atoms with Gasteiger partial charge in [0.1, 0.15) is 17.9 Å². The molecular weight excluding hydrogens is 492 g/mol. The van der Waals surface area contributed by atoms with Crippen molar-refractivity contribution < 1.29 is 36.6 Å². The van der Waals surface area contributed by atoms with E-state index in [4.69, 9.17) is 18.6 Å². The Hall–Kier alpha value is -3.90. The minimum atomic E-state index is -3.81. The van der Waals surface area contributed by atoms with Gasteiger partial charge in [-0.3, -0.25) is 10.1 Å². The van der Waals surface area contributed by atoms with Gasteiger partial charge >= 0.3 is 17.7 Å². The highest BCUT2D eigenvalue weighted by atomic mass is 32.2. The van der Waals surface area contributed by atoms with Gasteiger partial charge in [0.05, 0.1) is 24.5 Å². The van der Waals surface area contributed by atoms with E-state index in [1.54, 1.807) is 31.2 Å². The molecule has 36 heavy (non-hydrogen) atoms. The molecule has 3 aromatic rings. The van der Waals surface area contributed by atoms with Gasteiger partial charge in [-0.05, 0) is 50.2 Å². The fourth-order valence-corrected chi connectivity index (χ4v) is 4.23. The highest BCUT2D eigenvalue weighted by Crippen LogP contribution is 2.22. The molecule has 0 saturated heterocycles. The molecule has 1 heterocycles. The summed E-state index contributed by atoms with van der Waals surface area (Å²) in [4.78, 5) is 35.8. The van der Waals surface area contributed by atoms with Crippen LogP contribution in [0.25, 0.3) is 11.0 Å². The first-order valence-corrected chi connectivity index (χ1v) is 12.6. The first-order valence-electron chi connectivity index (χ1n) is 11.1. The Kier molecular flexibility index (Phi) is 9.03. The molecule has 0 unspecified atom stereocenters. The van der Waals surface area contributed by atoms with Crippen molar-refractivity contribution in [1.29, 1.82) is 0 Å². The second kappa shape index (κ2) is 12.2. The third-order valence-corrected chi connectivity index (χ3v) is 6.28. The summed E-state index contributed by atoms with van der Waals surface area (Å²) < 4.78 is 47.6. The maximum absolute atomic E-state index is 12.4. The summed E-state index contributed by atoms with van der Waals surface area (Å²) in [5.74, 6) is -0.111. The number of carbonyl (C=O) groups excluding carboxylic acids is 2. The van der Waals surface area contributed by atoms with Gasteiger partial charge in [-0.2, -0.15) is 0 Å². The van der Waals surface area contributed by atoms with Crippen LogP contribution >= 0.6 is 0 Å². The molecule has 11 nitrogen and oxygen atoms in total. The van der Waals surface area contributed by atoms with E-state index in [0.29, 0.717) is 29.0 Å². The number of anilines is 1. The lowest BCUT2D eigenvalue weighted by Gasteiger charge is -2.10. The number of ether oxygens (including phenoxy) is 3. The largest absolute Gasteiger partial charge is 0.494 e. The molecular formula is C24H26N2O9S. The van der Waals surface area contributed by atoms with Crippen molar-refractivity contribution in [2.24, 2.45) is 0 Å². The highest BCUT2D eigenvalue weighted by Gasteiger charge is 2.15. The molecule has 0 fully saturated rings. The van der Waals surface area contributed by atoms with E-state index >= 15 is 0 Å². The Morgan fingerprint density at radius 3 is 2.42 bits per heavy atom. The number of hydrogen-bond acceptors (Lipinski definition) is 9. The molecule has 192 valence electrons. The van der Waals surface area contributed by atoms with Gasteiger partial charge in [0.15, 0.2) is 0 Å². The maximum Gasteiger partial charge on any atom is 0.411 e. The Labute approximate surface area is 207 Å². The SMILES string of the molecule is CCOC(=O)Nc1ccc2c(COC(=O)CCNS(=O)(=O)c3ccc(OCC)cc3)cc(=O)oc2c1. The van der Waals surface area contributed by atoms with Crippen molar-refractivity contribution in [1.82, 2.24) is 4.72 Å². The van der Waals surface area contributed by atoms with E-state index in [-0.39, 0.29) is 36.7 Å². The second-order valence-electron chi connectivity index (χ2n) is 7.36. The molecule has 0 aliphatic carbocycles. The van der Waals surface area contributed by atoms with Gasteiger partial charge < -0.3 is 18.6 Å². The van der Waals surface area contributed by atoms with Crippen molar-refractivity contribution >= 4 is 38.7 Å². The lowest BCUT2D eigenvalue weighted by molar-refractivity contribution is -0.144. The van der Waals surface area contributed by atoms with Crippen LogP contribution in [0.4, 0.5) is 10.5 Å². The number of hydrogen-bond donors (Lipinski definition) is 2. The van der Waals surface area contributed by atoms with Crippen molar-refractivity contribution in [3.63, 3.8) is 0 Å². The number of sulfonamides is 1. The Bertz CT molecular complexity index is 1380. The molecule has 3 rings (SSSR count). The van der Waals surface area contributed by atoms with Crippen molar-refractivity contribution in [3.8, 4) is 5.75 Å². The predicted molar refractivity (Wildman–Crippen MR) is 130 cm³/mol. The molecule has 1 amide bonds. The zero-order valence-corrected chi connectivity index (χ0v) is 20.6. The van der Waals surface area contributed by atoms with E-state index in [9.17, 15) is 22.8 Å². The molecule has 2 aromatic carbocycles. The van der Waals surface area contributed by atoms with E-state index in [0.717, 1.165) is 0 Å². The van der Waals surface area contributed by atoms with Crippen LogP contribution in [0.15, 0.2) is 62.6 Å². The van der Waals surface area contributed by atoms with Crippen LogP contribution in [0.2, 0.25) is 0 Å². The van der Waals surface area contributed by atoms with Crippen molar-refractivity contribution in [2.45, 2.75) is 31.8 Å². The summed E-state index contributed by atoms with van der Waals surface area (Å²) in [6.45, 7) is 3.76. The van der Waals surface area contributed by atoms with E-state index in [1.807, 2.05) is 6.92 Å². The minimum absolute atomic E-state index is 0.0404. The fraction of sp³-hybridized carbons (Fsp3) is 0.292. The zero-order chi connectivity index (χ0) is 26.1. The fourth-order valence-electron chi connectivity index (χ4n) is 3.20. The molecule has 0 atom stereocenters. The Balaban J connectivity index is 1.57. The first-order chi connectivity index (χ1) is 17.2. The summed E-state index contributed by atoms with van der Waals surface area (Å²) in [7, 11) is -3.81. The van der Waals surface area contributed by atoms with E-state index < -0.39 is 27.7 Å². The lowest BCUT2D eigenvalue weighted by atomic mass is 10.1. The van der Waals surface area contributed by atoms with Crippen molar-refractivity contribution in [3.05, 3.63) is 64.5 Å². The molecule has 0 spiro atoms. The van der Waals surface area contributed by atoms with E-state index in [1.165, 1.54) is 24.3 Å². The average Bonchev–Trinajstić information content (AvgIpc) is 2.83. The lowest BCUT2D eigenvalue weighted by Crippen LogP contribution is -2.26. The monoisotopic (exact) mass is 518 g/mol. The number of benzene rings is 2. The van der Waals surface area contributed by atoms with Crippen LogP contribution in [-0.2, 0) is 30.9 Å². The molecule has 0 saturated carbocycles. The van der Waals surface area contributed by atoms with E-state index in [2.05, 4.69) is 10.0 Å². The summed E-state index contributed by atoms with van der Waals surface area (Å²) in [6.07, 6.45) is -0.870. The number of carbonyl (C=O) groups is 2. The topological polar surface area (TPSA) is 150 Å². The summed E-state index contributed by atoms with van der Waals surface area (Å²) in [5, 5.41) is 3.02. The smallest absolute Gasteiger partial charge is 0.411 e. The third kappa shape index (κ3) is 7.30. The quantitative estimate of drug-likeness (QED) is 0.288. The van der Waals surface area contributed by atoms with Crippen LogP contribution in [-0.4, -0.2) is 40.2 Å².